The molecule has 0 amide bonds. The molecule has 0 bridgehead atoms. The van der Waals surface area contributed by atoms with E-state index in [0.29, 0.717) is 12.4 Å². The fourth-order valence-corrected chi connectivity index (χ4v) is 2.83. The summed E-state index contributed by atoms with van der Waals surface area (Å²) in [6, 6.07) is 11.7. The van der Waals surface area contributed by atoms with Crippen molar-refractivity contribution in [1.82, 2.24) is 9.97 Å². The lowest BCUT2D eigenvalue weighted by atomic mass is 10.0. The smallest absolute Gasteiger partial charge is 0.237 e. The molecule has 1 aromatic carbocycles. The average molecular weight is 323 g/mol. The third kappa shape index (κ3) is 3.16. The van der Waals surface area contributed by atoms with Gasteiger partial charge in [0.1, 0.15) is 0 Å². The van der Waals surface area contributed by atoms with E-state index in [4.69, 9.17) is 4.74 Å². The van der Waals surface area contributed by atoms with Crippen molar-refractivity contribution < 1.29 is 9.84 Å². The highest BCUT2D eigenvalue weighted by Gasteiger charge is 2.14. The Kier molecular flexibility index (Phi) is 4.62. The van der Waals surface area contributed by atoms with Gasteiger partial charge in [0.15, 0.2) is 0 Å². The number of hydrogen-bond acceptors (Lipinski definition) is 5. The topological polar surface area (TPSA) is 67.3 Å². The minimum atomic E-state index is -0.666. The summed E-state index contributed by atoms with van der Waals surface area (Å²) in [6.45, 7) is 4.33. The first-order chi connectivity index (χ1) is 11.6. The summed E-state index contributed by atoms with van der Waals surface area (Å²) in [7, 11) is 1.58. The molecule has 0 saturated heterocycles. The van der Waals surface area contributed by atoms with E-state index in [-0.39, 0.29) is 0 Å². The van der Waals surface area contributed by atoms with Crippen molar-refractivity contribution in [1.29, 1.82) is 0 Å². The minimum absolute atomic E-state index is 0.356. The first kappa shape index (κ1) is 16.2. The third-order valence-corrected chi connectivity index (χ3v) is 4.01. The third-order valence-electron chi connectivity index (χ3n) is 4.01. The largest absolute Gasteiger partial charge is 0.480 e. The minimum Gasteiger partial charge on any atom is -0.480 e. The Morgan fingerprint density at radius 2 is 2.04 bits per heavy atom. The fraction of sp³-hybridized carbons (Fsp3) is 0.263. The molecule has 3 aromatic rings. The van der Waals surface area contributed by atoms with Crippen molar-refractivity contribution >= 4 is 16.6 Å². The van der Waals surface area contributed by atoms with Crippen LogP contribution in [0.25, 0.3) is 10.9 Å². The Bertz CT molecular complexity index is 864. The first-order valence-electron chi connectivity index (χ1n) is 7.88. The predicted octanol–water partition coefficient (Wildman–Crippen LogP) is 3.40. The van der Waals surface area contributed by atoms with Crippen molar-refractivity contribution in [3.8, 4) is 5.88 Å². The SMILES string of the molecule is COc1ncccc1NCC(O)c1cc(C)nc2c(C)cccc12. The first-order valence-corrected chi connectivity index (χ1v) is 7.88. The van der Waals surface area contributed by atoms with Crippen LogP contribution in [0.3, 0.4) is 0 Å². The Hall–Kier alpha value is -2.66. The van der Waals surface area contributed by atoms with Crippen LogP contribution in [0, 0.1) is 13.8 Å². The number of nitrogens with one attached hydrogen (secondary N) is 1. The van der Waals surface area contributed by atoms with Gasteiger partial charge in [-0.3, -0.25) is 4.98 Å². The van der Waals surface area contributed by atoms with Crippen LogP contribution in [0.4, 0.5) is 5.69 Å². The van der Waals surface area contributed by atoms with Crippen LogP contribution < -0.4 is 10.1 Å². The molecule has 2 N–H and O–H groups in total. The van der Waals surface area contributed by atoms with Crippen LogP contribution in [0.1, 0.15) is 22.9 Å². The lowest BCUT2D eigenvalue weighted by Crippen LogP contribution is -2.14. The van der Waals surface area contributed by atoms with E-state index < -0.39 is 6.10 Å². The van der Waals surface area contributed by atoms with Crippen LogP contribution in [-0.2, 0) is 0 Å². The number of ether oxygens (including phenoxy) is 1. The molecule has 0 spiro atoms. The summed E-state index contributed by atoms with van der Waals surface area (Å²) in [6.07, 6.45) is 1.00. The zero-order valence-corrected chi connectivity index (χ0v) is 14.1. The van der Waals surface area contributed by atoms with Gasteiger partial charge in [0.2, 0.25) is 5.88 Å². The van der Waals surface area contributed by atoms with E-state index in [1.165, 1.54) is 0 Å². The van der Waals surface area contributed by atoms with E-state index in [0.717, 1.165) is 33.4 Å². The van der Waals surface area contributed by atoms with E-state index in [1.807, 2.05) is 50.2 Å². The molecule has 0 fully saturated rings. The number of nitrogens with zero attached hydrogens (tertiary/aromatic N) is 2. The van der Waals surface area contributed by atoms with Crippen molar-refractivity contribution in [3.63, 3.8) is 0 Å². The van der Waals surface area contributed by atoms with E-state index in [1.54, 1.807) is 13.3 Å². The molecule has 0 radical (unpaired) electrons. The summed E-state index contributed by atoms with van der Waals surface area (Å²) in [5.74, 6) is 0.510. The quantitative estimate of drug-likeness (QED) is 0.753. The Balaban J connectivity index is 1.89. The maximum absolute atomic E-state index is 10.7. The summed E-state index contributed by atoms with van der Waals surface area (Å²) >= 11 is 0. The second kappa shape index (κ2) is 6.84. The number of methoxy groups -OCH3 is 1. The Morgan fingerprint density at radius 3 is 2.83 bits per heavy atom. The van der Waals surface area contributed by atoms with Gasteiger partial charge in [-0.1, -0.05) is 18.2 Å². The molecule has 1 unspecified atom stereocenters. The summed E-state index contributed by atoms with van der Waals surface area (Å²) in [5.41, 5.74) is 4.56. The second-order valence-electron chi connectivity index (χ2n) is 5.78. The number of aryl methyl sites for hydroxylation is 2. The fourth-order valence-electron chi connectivity index (χ4n) is 2.83. The lowest BCUT2D eigenvalue weighted by Gasteiger charge is -2.17. The normalized spacial score (nSPS) is 12.2. The van der Waals surface area contributed by atoms with Crippen molar-refractivity contribution in [2.45, 2.75) is 20.0 Å². The van der Waals surface area contributed by atoms with Gasteiger partial charge >= 0.3 is 0 Å². The molecule has 5 heteroatoms. The number of hydrogen-bond donors (Lipinski definition) is 2. The van der Waals surface area contributed by atoms with E-state index >= 15 is 0 Å². The Labute approximate surface area is 141 Å². The number of rotatable bonds is 5. The summed E-state index contributed by atoms with van der Waals surface area (Å²) in [4.78, 5) is 8.75. The number of aliphatic hydroxyl groups excluding tert-OH is 1. The highest BCUT2D eigenvalue weighted by atomic mass is 16.5. The molecule has 124 valence electrons. The number of fused-ring (bicyclic) bond motifs is 1. The van der Waals surface area contributed by atoms with Gasteiger partial charge in [-0.05, 0) is 43.2 Å². The highest BCUT2D eigenvalue weighted by molar-refractivity contribution is 5.85. The van der Waals surface area contributed by atoms with Gasteiger partial charge in [-0.2, -0.15) is 0 Å². The standard InChI is InChI=1S/C19H21N3O2/c1-12-6-4-7-14-15(10-13(2)22-18(12)14)17(23)11-21-16-8-5-9-20-19(16)24-3/h4-10,17,21,23H,11H2,1-3H3. The molecular weight excluding hydrogens is 302 g/mol. The zero-order chi connectivity index (χ0) is 17.1. The molecule has 2 heterocycles. The molecule has 24 heavy (non-hydrogen) atoms. The maximum Gasteiger partial charge on any atom is 0.237 e. The molecule has 0 aliphatic carbocycles. The molecule has 0 saturated carbocycles. The molecule has 0 aliphatic heterocycles. The molecule has 5 nitrogen and oxygen atoms in total. The maximum atomic E-state index is 10.7. The van der Waals surface area contributed by atoms with E-state index in [9.17, 15) is 5.11 Å². The zero-order valence-electron chi connectivity index (χ0n) is 14.1. The number of pyridine rings is 2. The highest BCUT2D eigenvalue weighted by Crippen LogP contribution is 2.27. The lowest BCUT2D eigenvalue weighted by molar-refractivity contribution is 0.193. The van der Waals surface area contributed by atoms with Crippen LogP contribution in [0.5, 0.6) is 5.88 Å². The molecule has 0 aliphatic rings. The monoisotopic (exact) mass is 323 g/mol. The Morgan fingerprint density at radius 1 is 1.21 bits per heavy atom. The molecular formula is C19H21N3O2. The van der Waals surface area contributed by atoms with E-state index in [2.05, 4.69) is 15.3 Å². The van der Waals surface area contributed by atoms with Crippen LogP contribution >= 0.6 is 0 Å². The van der Waals surface area contributed by atoms with Crippen molar-refractivity contribution in [2.24, 2.45) is 0 Å². The van der Waals surface area contributed by atoms with Crippen LogP contribution in [0.15, 0.2) is 42.6 Å². The van der Waals surface area contributed by atoms with Crippen LogP contribution in [-0.4, -0.2) is 28.7 Å². The molecule has 3 rings (SSSR count). The number of aliphatic hydroxyl groups is 1. The molecule has 2 aromatic heterocycles. The number of para-hydroxylation sites is 1. The van der Waals surface area contributed by atoms with Crippen molar-refractivity contribution in [2.75, 3.05) is 19.0 Å². The van der Waals surface area contributed by atoms with Gasteiger partial charge < -0.3 is 15.2 Å². The van der Waals surface area contributed by atoms with Gasteiger partial charge in [0.25, 0.3) is 0 Å². The van der Waals surface area contributed by atoms with Crippen LogP contribution in [0.2, 0.25) is 0 Å². The average Bonchev–Trinajstić information content (AvgIpc) is 2.60. The summed E-state index contributed by atoms with van der Waals surface area (Å²) in [5, 5.41) is 14.9. The van der Waals surface area contributed by atoms with Gasteiger partial charge in [0, 0.05) is 23.8 Å². The van der Waals surface area contributed by atoms with Gasteiger partial charge in [-0.25, -0.2) is 4.98 Å². The van der Waals surface area contributed by atoms with Gasteiger partial charge in [0.05, 0.1) is 24.4 Å². The summed E-state index contributed by atoms with van der Waals surface area (Å²) < 4.78 is 5.22. The second-order valence-corrected chi connectivity index (χ2v) is 5.78. The number of aromatic nitrogens is 2. The predicted molar refractivity (Wildman–Crippen MR) is 95.5 cm³/mol. The van der Waals surface area contributed by atoms with Gasteiger partial charge in [-0.15, -0.1) is 0 Å². The number of benzene rings is 1. The van der Waals surface area contributed by atoms with Crippen molar-refractivity contribution in [3.05, 3.63) is 59.4 Å². The molecule has 1 atom stereocenters. The number of anilines is 1.